The van der Waals surface area contributed by atoms with E-state index in [9.17, 15) is 12.8 Å². The van der Waals surface area contributed by atoms with Crippen molar-refractivity contribution in [2.75, 3.05) is 4.72 Å². The van der Waals surface area contributed by atoms with Crippen molar-refractivity contribution < 1.29 is 12.8 Å². The molecule has 0 radical (unpaired) electrons. The Kier molecular flexibility index (Phi) is 3.22. The van der Waals surface area contributed by atoms with E-state index in [4.69, 9.17) is 10.9 Å². The summed E-state index contributed by atoms with van der Waals surface area (Å²) in [7, 11) is -3.93. The van der Waals surface area contributed by atoms with Gasteiger partial charge in [0.15, 0.2) is 0 Å². The zero-order valence-electron chi connectivity index (χ0n) is 7.40. The molecule has 0 unspecified atom stereocenters. The normalized spacial score (nSPS) is 11.1. The van der Waals surface area contributed by atoms with E-state index in [0.717, 1.165) is 12.1 Å². The Morgan fingerprint density at radius 3 is 2.53 bits per heavy atom. The summed E-state index contributed by atoms with van der Waals surface area (Å²) in [6.07, 6.45) is 0. The molecule has 0 spiro atoms. The molecule has 0 aliphatic carbocycles. The van der Waals surface area contributed by atoms with Crippen LogP contribution < -0.4 is 15.6 Å². The molecular formula is C7H8FN3O2S2. The van der Waals surface area contributed by atoms with E-state index in [1.165, 1.54) is 6.07 Å². The second-order valence-corrected chi connectivity index (χ2v) is 4.44. The lowest BCUT2D eigenvalue weighted by atomic mass is 10.2. The van der Waals surface area contributed by atoms with Crippen LogP contribution in [0.5, 0.6) is 0 Å². The van der Waals surface area contributed by atoms with Gasteiger partial charge in [-0.1, -0.05) is 12.2 Å². The van der Waals surface area contributed by atoms with Crippen LogP contribution in [0.15, 0.2) is 18.2 Å². The average Bonchev–Trinajstić information content (AvgIpc) is 2.05. The van der Waals surface area contributed by atoms with Crippen LogP contribution in [0.25, 0.3) is 0 Å². The Morgan fingerprint density at radius 1 is 1.47 bits per heavy atom. The number of nitrogens with one attached hydrogen (secondary N) is 1. The van der Waals surface area contributed by atoms with Gasteiger partial charge in [-0.15, -0.1) is 0 Å². The van der Waals surface area contributed by atoms with E-state index in [1.807, 2.05) is 4.72 Å². The Bertz CT molecular complexity index is 501. The number of hydrogen-bond acceptors (Lipinski definition) is 3. The van der Waals surface area contributed by atoms with Crippen LogP contribution in [0.4, 0.5) is 10.1 Å². The van der Waals surface area contributed by atoms with Gasteiger partial charge >= 0.3 is 0 Å². The van der Waals surface area contributed by atoms with Crippen LogP contribution in [0.2, 0.25) is 0 Å². The maximum Gasteiger partial charge on any atom is 0.296 e. The third-order valence-corrected chi connectivity index (χ3v) is 2.22. The molecule has 0 bridgehead atoms. The molecule has 82 valence electrons. The van der Waals surface area contributed by atoms with Crippen molar-refractivity contribution in [2.24, 2.45) is 10.9 Å². The molecule has 0 saturated carbocycles. The van der Waals surface area contributed by atoms with Crippen LogP contribution in [-0.2, 0) is 10.2 Å². The molecule has 0 fully saturated rings. The minimum Gasteiger partial charge on any atom is -0.389 e. The van der Waals surface area contributed by atoms with Crippen molar-refractivity contribution in [1.29, 1.82) is 0 Å². The molecule has 1 aromatic carbocycles. The van der Waals surface area contributed by atoms with Crippen LogP contribution in [-0.4, -0.2) is 13.4 Å². The van der Waals surface area contributed by atoms with E-state index in [1.54, 1.807) is 0 Å². The third-order valence-electron chi connectivity index (χ3n) is 1.50. The number of anilines is 1. The molecule has 5 nitrogen and oxygen atoms in total. The Hall–Kier alpha value is -1.25. The first-order valence-electron chi connectivity index (χ1n) is 3.69. The summed E-state index contributed by atoms with van der Waals surface area (Å²) < 4.78 is 36.3. The summed E-state index contributed by atoms with van der Waals surface area (Å²) in [5.41, 5.74) is 5.42. The number of benzene rings is 1. The van der Waals surface area contributed by atoms with E-state index in [0.29, 0.717) is 0 Å². The van der Waals surface area contributed by atoms with Gasteiger partial charge in [0.1, 0.15) is 10.8 Å². The van der Waals surface area contributed by atoms with Gasteiger partial charge < -0.3 is 5.73 Å². The molecule has 0 aliphatic heterocycles. The zero-order valence-corrected chi connectivity index (χ0v) is 9.03. The molecule has 5 N–H and O–H groups in total. The Morgan fingerprint density at radius 2 is 2.07 bits per heavy atom. The van der Waals surface area contributed by atoms with Crippen LogP contribution in [0.1, 0.15) is 5.56 Å². The van der Waals surface area contributed by atoms with Crippen molar-refractivity contribution in [2.45, 2.75) is 0 Å². The first-order valence-corrected chi connectivity index (χ1v) is 5.65. The molecule has 1 aromatic rings. The zero-order chi connectivity index (χ0) is 11.6. The lowest BCUT2D eigenvalue weighted by Crippen LogP contribution is -2.24. The highest BCUT2D eigenvalue weighted by Crippen LogP contribution is 2.17. The van der Waals surface area contributed by atoms with Gasteiger partial charge in [-0.2, -0.15) is 8.42 Å². The number of thiocarbonyl (C=S) groups is 1. The molecular weight excluding hydrogens is 241 g/mol. The van der Waals surface area contributed by atoms with Crippen molar-refractivity contribution in [3.8, 4) is 0 Å². The predicted molar refractivity (Wildman–Crippen MR) is 59.0 cm³/mol. The van der Waals surface area contributed by atoms with Crippen LogP contribution in [0.3, 0.4) is 0 Å². The molecule has 15 heavy (non-hydrogen) atoms. The monoisotopic (exact) mass is 249 g/mol. The first-order chi connectivity index (χ1) is 6.79. The van der Waals surface area contributed by atoms with E-state index < -0.39 is 16.0 Å². The average molecular weight is 249 g/mol. The molecule has 0 aliphatic rings. The highest BCUT2D eigenvalue weighted by atomic mass is 32.2. The smallest absolute Gasteiger partial charge is 0.296 e. The number of nitrogens with two attached hydrogens (primary N) is 2. The minimum absolute atomic E-state index is 0.0476. The Labute approximate surface area is 91.4 Å². The standard InChI is InChI=1S/C7H8FN3O2S2/c8-4-1-2-6(11-15(10,12)13)5(3-4)7(9)14/h1-3,11H,(H2,9,14)(H2,10,12,13). The lowest BCUT2D eigenvalue weighted by molar-refractivity contribution is 0.602. The lowest BCUT2D eigenvalue weighted by Gasteiger charge is -2.08. The van der Waals surface area contributed by atoms with Gasteiger partial charge in [0, 0.05) is 5.56 Å². The maximum absolute atomic E-state index is 12.8. The van der Waals surface area contributed by atoms with Crippen molar-refractivity contribution in [1.82, 2.24) is 0 Å². The molecule has 0 aromatic heterocycles. The molecule has 0 heterocycles. The quantitative estimate of drug-likeness (QED) is 0.660. The van der Waals surface area contributed by atoms with Gasteiger partial charge in [0.25, 0.3) is 10.2 Å². The summed E-state index contributed by atoms with van der Waals surface area (Å²) in [4.78, 5) is -0.124. The second-order valence-electron chi connectivity index (χ2n) is 2.70. The van der Waals surface area contributed by atoms with Gasteiger partial charge in [0.2, 0.25) is 0 Å². The number of halogens is 1. The van der Waals surface area contributed by atoms with Crippen molar-refractivity contribution in [3.05, 3.63) is 29.6 Å². The van der Waals surface area contributed by atoms with E-state index >= 15 is 0 Å². The maximum atomic E-state index is 12.8. The first kappa shape index (κ1) is 11.8. The van der Waals surface area contributed by atoms with Gasteiger partial charge in [0.05, 0.1) is 5.69 Å². The molecule has 8 heteroatoms. The van der Waals surface area contributed by atoms with Crippen LogP contribution >= 0.6 is 12.2 Å². The fourth-order valence-corrected chi connectivity index (χ4v) is 1.62. The summed E-state index contributed by atoms with van der Waals surface area (Å²) >= 11 is 4.63. The molecule has 1 rings (SSSR count). The van der Waals surface area contributed by atoms with E-state index in [2.05, 4.69) is 12.2 Å². The largest absolute Gasteiger partial charge is 0.389 e. The fraction of sp³-hybridized carbons (Fsp3) is 0. The predicted octanol–water partition coefficient (Wildman–Crippen LogP) is 0.0753. The van der Waals surface area contributed by atoms with Gasteiger partial charge in [-0.05, 0) is 18.2 Å². The highest BCUT2D eigenvalue weighted by Gasteiger charge is 2.10. The molecule has 0 saturated heterocycles. The molecule has 0 amide bonds. The summed E-state index contributed by atoms with van der Waals surface area (Å²) in [5, 5.41) is 4.76. The number of hydrogen-bond donors (Lipinski definition) is 3. The van der Waals surface area contributed by atoms with Crippen molar-refractivity contribution in [3.63, 3.8) is 0 Å². The molecule has 0 atom stereocenters. The SMILES string of the molecule is NC(=S)c1cc(F)ccc1NS(N)(=O)=O. The minimum atomic E-state index is -3.93. The summed E-state index contributed by atoms with van der Waals surface area (Å²) in [6, 6.07) is 3.28. The number of rotatable bonds is 3. The topological polar surface area (TPSA) is 98.2 Å². The fourth-order valence-electron chi connectivity index (χ4n) is 0.963. The van der Waals surface area contributed by atoms with Gasteiger partial charge in [-0.3, -0.25) is 4.72 Å². The third kappa shape index (κ3) is 3.42. The summed E-state index contributed by atoms with van der Waals surface area (Å²) in [6.45, 7) is 0. The second kappa shape index (κ2) is 4.09. The van der Waals surface area contributed by atoms with Crippen molar-refractivity contribution >= 4 is 33.1 Å². The Balaban J connectivity index is 3.24. The highest BCUT2D eigenvalue weighted by molar-refractivity contribution is 7.90. The van der Waals surface area contributed by atoms with Gasteiger partial charge in [-0.25, -0.2) is 9.53 Å². The van der Waals surface area contributed by atoms with Crippen LogP contribution in [0, 0.1) is 5.82 Å². The van der Waals surface area contributed by atoms with E-state index in [-0.39, 0.29) is 16.2 Å². The summed E-state index contributed by atoms with van der Waals surface area (Å²) in [5.74, 6) is -0.572.